The van der Waals surface area contributed by atoms with Crippen LogP contribution in [0.25, 0.3) is 0 Å². The molecule has 2 aliphatic heterocycles. The number of nitrogens with one attached hydrogen (secondary N) is 2. The van der Waals surface area contributed by atoms with Gasteiger partial charge in [0.15, 0.2) is 0 Å². The minimum atomic E-state index is 0.851. The van der Waals surface area contributed by atoms with E-state index in [1.165, 1.54) is 63.4 Å². The number of likely N-dealkylation sites (tertiary alicyclic amines) is 1. The van der Waals surface area contributed by atoms with Crippen molar-refractivity contribution in [1.29, 1.82) is 0 Å². The van der Waals surface area contributed by atoms with Crippen molar-refractivity contribution >= 4 is 5.69 Å². The molecule has 2 heterocycles. The first-order valence-electron chi connectivity index (χ1n) is 10.4. The van der Waals surface area contributed by atoms with E-state index in [4.69, 9.17) is 4.74 Å². The fraction of sp³-hybridized carbons (Fsp3) is 0.478. The Morgan fingerprint density at radius 2 is 1.56 bits per heavy atom. The lowest BCUT2D eigenvalue weighted by Gasteiger charge is -2.40. The summed E-state index contributed by atoms with van der Waals surface area (Å²) < 4.78 is 5.53. The molecule has 0 bridgehead atoms. The predicted octanol–water partition coefficient (Wildman–Crippen LogP) is 0.648. The number of anilines is 1. The average molecular weight is 368 g/mol. The molecular formula is C23H33N3O+2. The van der Waals surface area contributed by atoms with Gasteiger partial charge in [-0.3, -0.25) is 0 Å². The third kappa shape index (κ3) is 4.45. The number of methoxy groups -OCH3 is 1. The van der Waals surface area contributed by atoms with Gasteiger partial charge in [-0.1, -0.05) is 30.3 Å². The van der Waals surface area contributed by atoms with Crippen LogP contribution in [-0.4, -0.2) is 52.4 Å². The Morgan fingerprint density at radius 1 is 0.889 bits per heavy atom. The molecule has 4 heteroatoms. The maximum Gasteiger partial charge on any atom is 0.127 e. The van der Waals surface area contributed by atoms with Crippen LogP contribution in [-0.2, 0) is 6.54 Å². The molecule has 144 valence electrons. The highest BCUT2D eigenvalue weighted by Crippen LogP contribution is 2.16. The number of para-hydroxylation sites is 2. The van der Waals surface area contributed by atoms with Crippen LogP contribution in [0.5, 0.6) is 5.75 Å². The third-order valence-corrected chi connectivity index (χ3v) is 6.43. The summed E-state index contributed by atoms with van der Waals surface area (Å²) >= 11 is 0. The largest absolute Gasteiger partial charge is 0.496 e. The molecule has 4 nitrogen and oxygen atoms in total. The van der Waals surface area contributed by atoms with Gasteiger partial charge in [-0.15, -0.1) is 0 Å². The van der Waals surface area contributed by atoms with E-state index in [1.807, 2.05) is 4.90 Å². The van der Waals surface area contributed by atoms with Gasteiger partial charge in [0.05, 0.1) is 52.4 Å². The van der Waals surface area contributed by atoms with Gasteiger partial charge in [-0.25, -0.2) is 0 Å². The van der Waals surface area contributed by atoms with Gasteiger partial charge in [0.25, 0.3) is 0 Å². The van der Waals surface area contributed by atoms with Gasteiger partial charge in [0.1, 0.15) is 12.3 Å². The van der Waals surface area contributed by atoms with Crippen LogP contribution >= 0.6 is 0 Å². The molecule has 4 rings (SSSR count). The van der Waals surface area contributed by atoms with Crippen molar-refractivity contribution in [3.63, 3.8) is 0 Å². The summed E-state index contributed by atoms with van der Waals surface area (Å²) in [6.45, 7) is 8.60. The van der Waals surface area contributed by atoms with Crippen molar-refractivity contribution in [1.82, 2.24) is 0 Å². The standard InChI is InChI=1S/C23H31N3O/c1-27-23-10-6-5-7-20(23)19-24-13-11-22(12-14-24)26-17-15-25(16-18-26)21-8-3-2-4-9-21/h2-10,22H,11-19H2,1H3/p+2. The summed E-state index contributed by atoms with van der Waals surface area (Å²) in [7, 11) is 1.78. The monoisotopic (exact) mass is 367 g/mol. The van der Waals surface area contributed by atoms with E-state index in [-0.39, 0.29) is 0 Å². The Morgan fingerprint density at radius 3 is 2.26 bits per heavy atom. The number of piperidine rings is 1. The molecule has 0 amide bonds. The van der Waals surface area contributed by atoms with Gasteiger partial charge in [-0.2, -0.15) is 0 Å². The number of benzene rings is 2. The molecule has 0 atom stereocenters. The fourth-order valence-electron chi connectivity index (χ4n) is 4.83. The Balaban J connectivity index is 1.25. The number of nitrogens with zero attached hydrogens (tertiary/aromatic N) is 1. The Kier molecular flexibility index (Phi) is 5.95. The SMILES string of the molecule is COc1ccccc1C[NH+]1CCC([NH+]2CCN(c3ccccc3)CC2)CC1. The summed E-state index contributed by atoms with van der Waals surface area (Å²) in [6, 6.07) is 20.2. The highest BCUT2D eigenvalue weighted by Gasteiger charge is 2.32. The average Bonchev–Trinajstić information content (AvgIpc) is 2.75. The first-order chi connectivity index (χ1) is 13.3. The van der Waals surface area contributed by atoms with E-state index in [0.717, 1.165) is 18.3 Å². The van der Waals surface area contributed by atoms with E-state index in [2.05, 4.69) is 59.5 Å². The zero-order valence-electron chi connectivity index (χ0n) is 16.5. The Bertz CT molecular complexity index is 705. The normalized spacial score (nSPS) is 24.0. The molecule has 27 heavy (non-hydrogen) atoms. The van der Waals surface area contributed by atoms with E-state index in [9.17, 15) is 0 Å². The van der Waals surface area contributed by atoms with Gasteiger partial charge in [-0.05, 0) is 24.3 Å². The lowest BCUT2D eigenvalue weighted by Crippen LogP contribution is -3.21. The lowest BCUT2D eigenvalue weighted by molar-refractivity contribution is -0.963. The quantitative estimate of drug-likeness (QED) is 0.810. The van der Waals surface area contributed by atoms with Gasteiger partial charge < -0.3 is 19.4 Å². The highest BCUT2D eigenvalue weighted by molar-refractivity contribution is 5.46. The second-order valence-electron chi connectivity index (χ2n) is 7.99. The number of hydrogen-bond donors (Lipinski definition) is 2. The summed E-state index contributed by atoms with van der Waals surface area (Å²) in [5.41, 5.74) is 2.73. The van der Waals surface area contributed by atoms with E-state index in [0.29, 0.717) is 0 Å². The van der Waals surface area contributed by atoms with Crippen molar-refractivity contribution in [2.45, 2.75) is 25.4 Å². The summed E-state index contributed by atoms with van der Waals surface area (Å²) in [4.78, 5) is 6.09. The number of ether oxygens (including phenoxy) is 1. The number of hydrogen-bond acceptors (Lipinski definition) is 2. The minimum absolute atomic E-state index is 0.851. The first-order valence-corrected chi connectivity index (χ1v) is 10.4. The van der Waals surface area contributed by atoms with Crippen molar-refractivity contribution in [3.8, 4) is 5.75 Å². The van der Waals surface area contributed by atoms with E-state index >= 15 is 0 Å². The van der Waals surface area contributed by atoms with Crippen molar-refractivity contribution < 1.29 is 14.5 Å². The number of rotatable bonds is 5. The zero-order chi connectivity index (χ0) is 18.5. The molecule has 2 N–H and O–H groups in total. The summed E-state index contributed by atoms with van der Waals surface area (Å²) in [5, 5.41) is 0. The number of quaternary nitrogens is 2. The van der Waals surface area contributed by atoms with Crippen LogP contribution in [0.1, 0.15) is 18.4 Å². The summed E-state index contributed by atoms with van der Waals surface area (Å²) in [5.74, 6) is 1.04. The van der Waals surface area contributed by atoms with Crippen LogP contribution in [0.4, 0.5) is 5.69 Å². The molecule has 0 saturated carbocycles. The molecule has 2 aliphatic rings. The minimum Gasteiger partial charge on any atom is -0.496 e. The lowest BCUT2D eigenvalue weighted by atomic mass is 10.0. The first kappa shape index (κ1) is 18.3. The number of piperazine rings is 1. The fourth-order valence-corrected chi connectivity index (χ4v) is 4.83. The molecule has 2 saturated heterocycles. The molecule has 0 spiro atoms. The van der Waals surface area contributed by atoms with Crippen LogP contribution in [0.2, 0.25) is 0 Å². The van der Waals surface area contributed by atoms with Crippen molar-refractivity contribution in [3.05, 3.63) is 60.2 Å². The molecule has 2 fully saturated rings. The maximum atomic E-state index is 5.53. The second-order valence-corrected chi connectivity index (χ2v) is 7.99. The van der Waals surface area contributed by atoms with Crippen LogP contribution < -0.4 is 19.4 Å². The van der Waals surface area contributed by atoms with Gasteiger partial charge in [0.2, 0.25) is 0 Å². The summed E-state index contributed by atoms with van der Waals surface area (Å²) in [6.07, 6.45) is 2.70. The molecule has 0 aliphatic carbocycles. The molecule has 2 aromatic carbocycles. The van der Waals surface area contributed by atoms with E-state index < -0.39 is 0 Å². The molecule has 0 unspecified atom stereocenters. The van der Waals surface area contributed by atoms with Crippen molar-refractivity contribution in [2.24, 2.45) is 0 Å². The molecular weight excluding hydrogens is 334 g/mol. The smallest absolute Gasteiger partial charge is 0.127 e. The Hall–Kier alpha value is -2.04. The molecule has 2 aromatic rings. The van der Waals surface area contributed by atoms with Crippen LogP contribution in [0, 0.1) is 0 Å². The van der Waals surface area contributed by atoms with Crippen LogP contribution in [0.3, 0.4) is 0 Å². The zero-order valence-corrected chi connectivity index (χ0v) is 16.5. The van der Waals surface area contributed by atoms with Gasteiger partial charge in [0, 0.05) is 24.1 Å². The highest BCUT2D eigenvalue weighted by atomic mass is 16.5. The van der Waals surface area contributed by atoms with Crippen molar-refractivity contribution in [2.75, 3.05) is 51.3 Å². The predicted molar refractivity (Wildman–Crippen MR) is 110 cm³/mol. The molecule has 0 radical (unpaired) electrons. The Labute approximate surface area is 163 Å². The maximum absolute atomic E-state index is 5.53. The third-order valence-electron chi connectivity index (χ3n) is 6.43. The topological polar surface area (TPSA) is 21.4 Å². The van der Waals surface area contributed by atoms with E-state index in [1.54, 1.807) is 12.0 Å². The molecule has 0 aromatic heterocycles. The van der Waals surface area contributed by atoms with Crippen LogP contribution in [0.15, 0.2) is 54.6 Å². The van der Waals surface area contributed by atoms with Gasteiger partial charge >= 0.3 is 0 Å². The second kappa shape index (κ2) is 8.77.